The van der Waals surface area contributed by atoms with Crippen molar-refractivity contribution in [1.82, 2.24) is 30.0 Å². The van der Waals surface area contributed by atoms with Crippen molar-refractivity contribution < 1.29 is 25.8 Å². The smallest absolute Gasteiger partial charge is 0.741 e. The molecule has 2 aromatic heterocycles. The second kappa shape index (κ2) is 22.0. The molecule has 0 fully saturated rings. The third-order valence-corrected chi connectivity index (χ3v) is 10.2. The van der Waals surface area contributed by atoms with E-state index in [4.69, 9.17) is 25.3 Å². The molecule has 2 N–H and O–H groups in total. The van der Waals surface area contributed by atoms with Crippen molar-refractivity contribution in [3.63, 3.8) is 0 Å². The average molecular weight is 1150 g/mol. The Kier molecular flexibility index (Phi) is 16.3. The Hall–Kier alpha value is -5.84. The summed E-state index contributed by atoms with van der Waals surface area (Å²) in [4.78, 5) is 44.0. The fourth-order valence-corrected chi connectivity index (χ4v) is 7.08. The van der Waals surface area contributed by atoms with Crippen LogP contribution in [0.2, 0.25) is 0 Å². The Bertz CT molecular complexity index is 2930. The molecule has 6 aromatic carbocycles. The van der Waals surface area contributed by atoms with Gasteiger partial charge < -0.3 is 25.3 Å². The molecule has 12 nitrogen and oxygen atoms in total. The molecule has 8 rings (SSSR count). The maximum atomic E-state index is 13.4. The monoisotopic (exact) mass is 1150 g/mol. The van der Waals surface area contributed by atoms with E-state index in [1.54, 1.807) is 24.3 Å². The maximum Gasteiger partial charge on any atom is 2.00 e. The van der Waals surface area contributed by atoms with E-state index in [1.165, 1.54) is 70.1 Å². The number of fused-ring (bicyclic) bond motifs is 2. The Morgan fingerprint density at radius 1 is 0.556 bits per heavy atom. The summed E-state index contributed by atoms with van der Waals surface area (Å²) in [5.41, 5.74) is 8.14. The Morgan fingerprint density at radius 3 is 1.29 bits per heavy atom. The molecule has 0 unspecified atom stereocenters. The minimum Gasteiger partial charge on any atom is -0.741 e. The minimum atomic E-state index is -0.398. The van der Waals surface area contributed by atoms with E-state index in [0.717, 1.165) is 7.14 Å². The maximum absolute atomic E-state index is 13.4. The molecule has 0 spiro atoms. The third kappa shape index (κ3) is 12.2. The van der Waals surface area contributed by atoms with E-state index in [1.807, 2.05) is 72.8 Å². The molecule has 8 aromatic rings. The molecule has 63 heavy (non-hydrogen) atoms. The van der Waals surface area contributed by atoms with Gasteiger partial charge in [0.05, 0.1) is 57.0 Å². The first-order valence-electron chi connectivity index (χ1n) is 18.2. The largest absolute Gasteiger partial charge is 2.00 e. The van der Waals surface area contributed by atoms with Gasteiger partial charge in [-0.2, -0.15) is 10.2 Å². The number of nitrogens with zero attached hydrogens (tertiary/aromatic N) is 8. The normalized spacial score (nSPS) is 11.7. The number of aromatic nitrogens is 4. The van der Waals surface area contributed by atoms with Crippen LogP contribution < -0.4 is 22.0 Å². The quantitative estimate of drug-likeness (QED) is 0.0385. The number of hydrazone groups is 2. The fourth-order valence-electron chi connectivity index (χ4n) is 5.78. The molecular formula is C44H28CuF2I2N10O2S2. The molecule has 0 aliphatic rings. The van der Waals surface area contributed by atoms with Crippen LogP contribution in [-0.4, -0.2) is 41.9 Å². The Morgan fingerprint density at radius 2 is 0.921 bits per heavy atom. The number of hydrogen-bond acceptors (Lipinski definition) is 10. The third-order valence-electron chi connectivity index (χ3n) is 8.54. The first kappa shape index (κ1) is 46.7. The summed E-state index contributed by atoms with van der Waals surface area (Å²) in [6.07, 6.45) is 2.77. The molecular weight excluding hydrogens is 1120 g/mol. The minimum absolute atomic E-state index is 0. The van der Waals surface area contributed by atoms with Gasteiger partial charge in [0.25, 0.3) is 11.1 Å². The molecule has 0 amide bonds. The van der Waals surface area contributed by atoms with Crippen molar-refractivity contribution in [2.24, 2.45) is 20.2 Å². The second-order valence-corrected chi connectivity index (χ2v) is 16.0. The van der Waals surface area contributed by atoms with Gasteiger partial charge in [0, 0.05) is 17.5 Å². The van der Waals surface area contributed by atoms with Gasteiger partial charge in [0.2, 0.25) is 0 Å². The molecule has 0 aliphatic heterocycles. The predicted molar refractivity (Wildman–Crippen MR) is 263 cm³/mol. The van der Waals surface area contributed by atoms with Gasteiger partial charge in [-0.05, 0) is 154 Å². The van der Waals surface area contributed by atoms with Crippen LogP contribution in [0.5, 0.6) is 0 Å². The zero-order valence-electron chi connectivity index (χ0n) is 32.0. The number of hydrogen-bond donors (Lipinski definition) is 2. The van der Waals surface area contributed by atoms with Crippen molar-refractivity contribution in [2.75, 3.05) is 0 Å². The zero-order chi connectivity index (χ0) is 43.6. The molecule has 317 valence electrons. The summed E-state index contributed by atoms with van der Waals surface area (Å²) >= 11 is 14.6. The van der Waals surface area contributed by atoms with Crippen molar-refractivity contribution in [1.29, 1.82) is 0 Å². The zero-order valence-corrected chi connectivity index (χ0v) is 38.9. The first-order valence-corrected chi connectivity index (χ1v) is 21.2. The molecule has 19 heteroatoms. The van der Waals surface area contributed by atoms with Gasteiger partial charge >= 0.3 is 17.1 Å². The standard InChI is InChI=1S/2C22H15FIN5OS.Cu/c2*23-14-6-9-17(10-7-14)29-20(27-19-11-8-15(24)12-18(19)21(29)30)13-25-28-22(31)26-16-4-2-1-3-5-16;/h2*1-13H,(H2,26,28,31);/q;;+2/p-2/b2*25-13+;. The first-order chi connectivity index (χ1) is 30.0. The summed E-state index contributed by atoms with van der Waals surface area (Å²) in [6.45, 7) is 0. The SMILES string of the molecule is O=c1c2cc(I)ccc2nc(/C=N/NC([S-])=Nc2ccccc2)n1-c1ccc(F)cc1.O=c1c2cc(I)ccc2nc(/C=N/NC([S-])=Nc2ccccc2)n1-c1ccc(F)cc1.[Cu+2]. The number of para-hydroxylation sites is 2. The average Bonchev–Trinajstić information content (AvgIpc) is 3.26. The number of nitrogens with one attached hydrogen (secondary N) is 2. The van der Waals surface area contributed by atoms with Crippen LogP contribution in [-0.2, 0) is 42.3 Å². The van der Waals surface area contributed by atoms with Gasteiger partial charge in [-0.25, -0.2) is 18.7 Å². The summed E-state index contributed by atoms with van der Waals surface area (Å²) in [6, 6.07) is 40.4. The van der Waals surface area contributed by atoms with Crippen molar-refractivity contribution in [2.45, 2.75) is 0 Å². The van der Waals surface area contributed by atoms with Crippen LogP contribution in [0.15, 0.2) is 175 Å². The van der Waals surface area contributed by atoms with E-state index in [2.05, 4.69) is 86.2 Å². The summed E-state index contributed by atoms with van der Waals surface area (Å²) < 4.78 is 31.4. The van der Waals surface area contributed by atoms with E-state index in [-0.39, 0.29) is 50.2 Å². The van der Waals surface area contributed by atoms with E-state index in [9.17, 15) is 18.4 Å². The number of aliphatic imine (C=N–C) groups is 2. The van der Waals surface area contributed by atoms with Gasteiger partial charge in [0.15, 0.2) is 11.6 Å². The van der Waals surface area contributed by atoms with Gasteiger partial charge in [-0.15, -0.1) is 0 Å². The van der Waals surface area contributed by atoms with E-state index < -0.39 is 11.6 Å². The Balaban J connectivity index is 0.000000206. The molecule has 2 heterocycles. The van der Waals surface area contributed by atoms with E-state index >= 15 is 0 Å². The number of halogens is 4. The van der Waals surface area contributed by atoms with Crippen molar-refractivity contribution in [3.8, 4) is 11.4 Å². The molecule has 0 aliphatic carbocycles. The van der Waals surface area contributed by atoms with Crippen LogP contribution in [0.4, 0.5) is 20.2 Å². The van der Waals surface area contributed by atoms with E-state index in [0.29, 0.717) is 44.6 Å². The Labute approximate surface area is 407 Å². The van der Waals surface area contributed by atoms with Crippen molar-refractivity contribution in [3.05, 3.63) is 197 Å². The molecule has 0 bridgehead atoms. The second-order valence-electron chi connectivity index (χ2n) is 12.7. The van der Waals surface area contributed by atoms with Crippen LogP contribution in [0, 0.1) is 18.8 Å². The van der Waals surface area contributed by atoms with Gasteiger partial charge in [-0.3, -0.25) is 39.6 Å². The summed E-state index contributed by atoms with van der Waals surface area (Å²) in [7, 11) is 0. The van der Waals surface area contributed by atoms with Crippen LogP contribution >= 0.6 is 45.2 Å². The number of rotatable bonds is 8. The summed E-state index contributed by atoms with van der Waals surface area (Å²) in [5.74, 6) is -0.268. The molecule has 0 saturated carbocycles. The molecule has 0 atom stereocenters. The summed E-state index contributed by atoms with van der Waals surface area (Å²) in [5, 5.41) is 9.43. The number of amidine groups is 2. The van der Waals surface area contributed by atoms with Crippen LogP contribution in [0.1, 0.15) is 11.6 Å². The van der Waals surface area contributed by atoms with Gasteiger partial charge in [-0.1, -0.05) is 36.4 Å². The van der Waals surface area contributed by atoms with Gasteiger partial charge in [0.1, 0.15) is 11.6 Å². The topological polar surface area (TPSA) is 143 Å². The molecule has 0 saturated heterocycles. The predicted octanol–water partition coefficient (Wildman–Crippen LogP) is 8.57. The molecule has 1 radical (unpaired) electrons. The van der Waals surface area contributed by atoms with Crippen molar-refractivity contribution >= 4 is 126 Å². The number of benzene rings is 6. The fraction of sp³-hybridized carbons (Fsp3) is 0. The van der Waals surface area contributed by atoms with Crippen LogP contribution in [0.3, 0.4) is 0 Å². The van der Waals surface area contributed by atoms with Crippen LogP contribution in [0.25, 0.3) is 33.2 Å².